The minimum Gasteiger partial charge on any atom is -0.496 e. The highest BCUT2D eigenvalue weighted by molar-refractivity contribution is 7.89. The van der Waals surface area contributed by atoms with E-state index in [1.165, 1.54) is 19.2 Å². The third-order valence-corrected chi connectivity index (χ3v) is 5.53. The zero-order valence-electron chi connectivity index (χ0n) is 16.3. The average Bonchev–Trinajstić information content (AvgIpc) is 2.59. The summed E-state index contributed by atoms with van der Waals surface area (Å²) < 4.78 is 32.2. The van der Waals surface area contributed by atoms with E-state index in [2.05, 4.69) is 30.8 Å². The Morgan fingerprint density at radius 1 is 1.07 bits per heavy atom. The maximum Gasteiger partial charge on any atom is 0.241 e. The molecule has 0 aliphatic rings. The van der Waals surface area contributed by atoms with Crippen molar-refractivity contribution < 1.29 is 17.9 Å². The molecule has 0 radical (unpaired) electrons. The fourth-order valence-corrected chi connectivity index (χ4v) is 3.59. The molecule has 146 valence electrons. The molecule has 7 heteroatoms. The largest absolute Gasteiger partial charge is 0.496 e. The number of carbonyl (C=O) groups is 1. The van der Waals surface area contributed by atoms with E-state index in [1.54, 1.807) is 25.1 Å². The summed E-state index contributed by atoms with van der Waals surface area (Å²) in [4.78, 5) is 12.2. The Labute approximate surface area is 161 Å². The summed E-state index contributed by atoms with van der Waals surface area (Å²) in [6, 6.07) is 12.0. The Morgan fingerprint density at radius 3 is 2.22 bits per heavy atom. The molecule has 0 aliphatic heterocycles. The Bertz CT molecular complexity index is 914. The van der Waals surface area contributed by atoms with Gasteiger partial charge in [-0.25, -0.2) is 13.1 Å². The lowest BCUT2D eigenvalue weighted by atomic mass is 9.87. The van der Waals surface area contributed by atoms with Crippen LogP contribution in [-0.4, -0.2) is 28.0 Å². The number of benzene rings is 2. The molecular weight excluding hydrogens is 364 g/mol. The number of carbonyl (C=O) groups excluding carboxylic acids is 1. The molecule has 2 N–H and O–H groups in total. The quantitative estimate of drug-likeness (QED) is 0.793. The summed E-state index contributed by atoms with van der Waals surface area (Å²) in [5, 5.41) is 2.69. The predicted octanol–water partition coefficient (Wildman–Crippen LogP) is 3.22. The monoisotopic (exact) mass is 390 g/mol. The van der Waals surface area contributed by atoms with Gasteiger partial charge in [-0.15, -0.1) is 0 Å². The van der Waals surface area contributed by atoms with Crippen molar-refractivity contribution in [2.45, 2.75) is 38.0 Å². The smallest absolute Gasteiger partial charge is 0.241 e. The summed E-state index contributed by atoms with van der Waals surface area (Å²) in [6.07, 6.45) is 0. The van der Waals surface area contributed by atoms with E-state index in [4.69, 9.17) is 4.74 Å². The third-order valence-electron chi connectivity index (χ3n) is 4.13. The van der Waals surface area contributed by atoms with Gasteiger partial charge >= 0.3 is 0 Å². The molecule has 2 aromatic carbocycles. The molecular formula is C20H26N2O4S. The van der Waals surface area contributed by atoms with Crippen LogP contribution in [0.1, 0.15) is 31.9 Å². The van der Waals surface area contributed by atoms with Gasteiger partial charge in [0.05, 0.1) is 18.6 Å². The molecule has 2 rings (SSSR count). The maximum atomic E-state index is 12.4. The summed E-state index contributed by atoms with van der Waals surface area (Å²) >= 11 is 0. The van der Waals surface area contributed by atoms with Gasteiger partial charge in [-0.2, -0.15) is 0 Å². The van der Waals surface area contributed by atoms with E-state index in [0.29, 0.717) is 17.0 Å². The number of anilines is 1. The van der Waals surface area contributed by atoms with Crippen molar-refractivity contribution >= 4 is 21.6 Å². The molecule has 0 spiro atoms. The number of amides is 1. The Hall–Kier alpha value is -2.38. The minimum absolute atomic E-state index is 0.0225. The van der Waals surface area contributed by atoms with E-state index < -0.39 is 15.9 Å². The molecule has 0 saturated carbocycles. The first kappa shape index (κ1) is 20.9. The first-order valence-corrected chi connectivity index (χ1v) is 10.1. The van der Waals surface area contributed by atoms with Gasteiger partial charge in [-0.3, -0.25) is 4.79 Å². The number of nitrogens with one attached hydrogen (secondary N) is 2. The van der Waals surface area contributed by atoms with Gasteiger partial charge in [0.25, 0.3) is 0 Å². The first-order valence-electron chi connectivity index (χ1n) is 8.57. The number of methoxy groups -OCH3 is 1. The van der Waals surface area contributed by atoms with Gasteiger partial charge in [0, 0.05) is 5.69 Å². The molecule has 0 aromatic heterocycles. The van der Waals surface area contributed by atoms with Crippen LogP contribution in [-0.2, 0) is 20.2 Å². The fraction of sp³-hybridized carbons (Fsp3) is 0.350. The lowest BCUT2D eigenvalue weighted by Crippen LogP contribution is -2.33. The molecule has 27 heavy (non-hydrogen) atoms. The Morgan fingerprint density at radius 2 is 1.70 bits per heavy atom. The van der Waals surface area contributed by atoms with Crippen molar-refractivity contribution in [1.29, 1.82) is 0 Å². The summed E-state index contributed by atoms with van der Waals surface area (Å²) in [7, 11) is -2.27. The van der Waals surface area contributed by atoms with Crippen molar-refractivity contribution in [3.8, 4) is 5.75 Å². The number of hydrogen-bond donors (Lipinski definition) is 2. The molecule has 0 fully saturated rings. The highest BCUT2D eigenvalue weighted by Crippen LogP contribution is 2.23. The van der Waals surface area contributed by atoms with Crippen LogP contribution in [0.4, 0.5) is 5.69 Å². The number of sulfonamides is 1. The SMILES string of the molecule is COc1ccc(S(=O)(=O)NCC(=O)Nc2ccc(C(C)(C)C)cc2)cc1C. The minimum atomic E-state index is -3.79. The lowest BCUT2D eigenvalue weighted by molar-refractivity contribution is -0.115. The molecule has 0 heterocycles. The second-order valence-corrected chi connectivity index (χ2v) is 9.10. The van der Waals surface area contributed by atoms with Crippen molar-refractivity contribution in [3.05, 3.63) is 53.6 Å². The zero-order chi connectivity index (χ0) is 20.2. The first-order chi connectivity index (χ1) is 12.5. The van der Waals surface area contributed by atoms with Crippen LogP contribution in [0.3, 0.4) is 0 Å². The van der Waals surface area contributed by atoms with Crippen molar-refractivity contribution in [1.82, 2.24) is 4.72 Å². The van der Waals surface area contributed by atoms with Crippen molar-refractivity contribution in [3.63, 3.8) is 0 Å². The van der Waals surface area contributed by atoms with E-state index in [0.717, 1.165) is 5.56 Å². The number of aryl methyl sites for hydroxylation is 1. The van der Waals surface area contributed by atoms with Gasteiger partial charge in [0.1, 0.15) is 5.75 Å². The van der Waals surface area contributed by atoms with Crippen LogP contribution >= 0.6 is 0 Å². The van der Waals surface area contributed by atoms with Gasteiger partial charge in [0.2, 0.25) is 15.9 Å². The van der Waals surface area contributed by atoms with E-state index >= 15 is 0 Å². The normalized spacial score (nSPS) is 11.9. The summed E-state index contributed by atoms with van der Waals surface area (Å²) in [5.74, 6) is 0.165. The van der Waals surface area contributed by atoms with Gasteiger partial charge < -0.3 is 10.1 Å². The maximum absolute atomic E-state index is 12.4. The average molecular weight is 391 g/mol. The van der Waals surface area contributed by atoms with Crippen molar-refractivity contribution in [2.75, 3.05) is 19.0 Å². The zero-order valence-corrected chi connectivity index (χ0v) is 17.1. The molecule has 2 aromatic rings. The van der Waals surface area contributed by atoms with E-state index in [9.17, 15) is 13.2 Å². The molecule has 0 bridgehead atoms. The molecule has 0 atom stereocenters. The van der Waals surface area contributed by atoms with Gasteiger partial charge in [-0.1, -0.05) is 32.9 Å². The third kappa shape index (κ3) is 5.55. The number of ether oxygens (including phenoxy) is 1. The molecule has 0 unspecified atom stereocenters. The Balaban J connectivity index is 1.99. The van der Waals surface area contributed by atoms with Crippen LogP contribution in [0.5, 0.6) is 5.75 Å². The van der Waals surface area contributed by atoms with Gasteiger partial charge in [0.15, 0.2) is 0 Å². The summed E-state index contributed by atoms with van der Waals surface area (Å²) in [6.45, 7) is 7.73. The standard InChI is InChI=1S/C20H26N2O4S/c1-14-12-17(10-11-18(14)26-5)27(24,25)21-13-19(23)22-16-8-6-15(7-9-16)20(2,3)4/h6-12,21H,13H2,1-5H3,(H,22,23). The Kier molecular flexibility index (Phi) is 6.28. The van der Waals surface area contributed by atoms with E-state index in [1.807, 2.05) is 12.1 Å². The lowest BCUT2D eigenvalue weighted by Gasteiger charge is -2.19. The second-order valence-electron chi connectivity index (χ2n) is 7.33. The number of hydrogen-bond acceptors (Lipinski definition) is 4. The number of rotatable bonds is 6. The van der Waals surface area contributed by atoms with Gasteiger partial charge in [-0.05, 0) is 53.8 Å². The van der Waals surface area contributed by atoms with E-state index in [-0.39, 0.29) is 16.9 Å². The van der Waals surface area contributed by atoms with Crippen LogP contribution in [0.2, 0.25) is 0 Å². The summed E-state index contributed by atoms with van der Waals surface area (Å²) in [5.41, 5.74) is 2.49. The topological polar surface area (TPSA) is 84.5 Å². The highest BCUT2D eigenvalue weighted by atomic mass is 32.2. The van der Waals surface area contributed by atoms with Crippen LogP contribution in [0, 0.1) is 6.92 Å². The predicted molar refractivity (Wildman–Crippen MR) is 107 cm³/mol. The molecule has 0 aliphatic carbocycles. The highest BCUT2D eigenvalue weighted by Gasteiger charge is 2.17. The second kappa shape index (κ2) is 8.10. The molecule has 1 amide bonds. The van der Waals surface area contributed by atoms with Crippen molar-refractivity contribution in [2.24, 2.45) is 0 Å². The molecule has 6 nitrogen and oxygen atoms in total. The molecule has 0 saturated heterocycles. The van der Waals surface area contributed by atoms with Crippen LogP contribution < -0.4 is 14.8 Å². The fourth-order valence-electron chi connectivity index (χ4n) is 2.52. The van der Waals surface area contributed by atoms with Crippen LogP contribution in [0.15, 0.2) is 47.4 Å². The van der Waals surface area contributed by atoms with Crippen LogP contribution in [0.25, 0.3) is 0 Å².